The summed E-state index contributed by atoms with van der Waals surface area (Å²) in [5.74, 6) is 1.94. The van der Waals surface area contributed by atoms with Crippen LogP contribution in [0.3, 0.4) is 0 Å². The Morgan fingerprint density at radius 3 is 2.92 bits per heavy atom. The van der Waals surface area contributed by atoms with E-state index in [4.69, 9.17) is 5.73 Å². The zero-order valence-electron chi connectivity index (χ0n) is 7.12. The van der Waals surface area contributed by atoms with E-state index in [9.17, 15) is 0 Å². The maximum atomic E-state index is 5.36. The first-order chi connectivity index (χ1) is 5.84. The maximum absolute atomic E-state index is 5.36. The summed E-state index contributed by atoms with van der Waals surface area (Å²) in [7, 11) is 0. The molecule has 1 heterocycles. The van der Waals surface area contributed by atoms with E-state index in [-0.39, 0.29) is 0 Å². The van der Waals surface area contributed by atoms with Crippen molar-refractivity contribution in [1.82, 2.24) is 10.3 Å². The van der Waals surface area contributed by atoms with Crippen LogP contribution in [0.15, 0.2) is 4.63 Å². The van der Waals surface area contributed by atoms with Gasteiger partial charge in [0.05, 0.1) is 0 Å². The number of nitrogens with zero attached hydrogens (tertiary/aromatic N) is 2. The lowest BCUT2D eigenvalue weighted by Gasteiger charge is -1.95. The fraction of sp³-hybridized carbons (Fsp3) is 0.714. The van der Waals surface area contributed by atoms with Gasteiger partial charge in [0, 0.05) is 5.75 Å². The van der Waals surface area contributed by atoms with Gasteiger partial charge in [-0.25, -0.2) is 4.63 Å². The quantitative estimate of drug-likeness (QED) is 0.695. The molecule has 1 rings (SSSR count). The first kappa shape index (κ1) is 9.54. The molecule has 1 aromatic rings. The molecule has 0 aromatic carbocycles. The third-order valence-corrected chi connectivity index (χ3v) is 2.53. The van der Waals surface area contributed by atoms with Crippen LogP contribution >= 0.6 is 11.8 Å². The molecule has 0 saturated carbocycles. The Balaban J connectivity index is 2.20. The van der Waals surface area contributed by atoms with Gasteiger partial charge in [0.25, 0.3) is 0 Å². The second-order valence-electron chi connectivity index (χ2n) is 2.49. The first-order valence-corrected chi connectivity index (χ1v) is 5.06. The highest BCUT2D eigenvalue weighted by Gasteiger charge is 2.03. The number of rotatable bonds is 5. The van der Waals surface area contributed by atoms with Gasteiger partial charge in [-0.05, 0) is 25.6 Å². The van der Waals surface area contributed by atoms with E-state index in [1.165, 1.54) is 0 Å². The van der Waals surface area contributed by atoms with Gasteiger partial charge >= 0.3 is 0 Å². The fourth-order valence-corrected chi connectivity index (χ4v) is 1.70. The minimum atomic E-state index is 0.753. The molecular formula is C7H13N3OS. The standard InChI is InChI=1S/C7H13N3OS/c1-6-7(10-11-9-6)5-12-4-2-3-8/h2-5,8H2,1H3. The van der Waals surface area contributed by atoms with E-state index in [2.05, 4.69) is 14.9 Å². The lowest BCUT2D eigenvalue weighted by molar-refractivity contribution is 0.302. The molecule has 0 saturated heterocycles. The monoisotopic (exact) mass is 187 g/mol. The van der Waals surface area contributed by atoms with Gasteiger partial charge in [-0.1, -0.05) is 10.3 Å². The van der Waals surface area contributed by atoms with Crippen LogP contribution in [-0.2, 0) is 5.75 Å². The Kier molecular flexibility index (Phi) is 4.10. The second kappa shape index (κ2) is 5.16. The number of hydrogen-bond donors (Lipinski definition) is 1. The Bertz CT molecular complexity index is 226. The van der Waals surface area contributed by atoms with Crippen molar-refractivity contribution in [2.24, 2.45) is 5.73 Å². The molecule has 2 N–H and O–H groups in total. The fourth-order valence-electron chi connectivity index (χ4n) is 0.735. The highest BCUT2D eigenvalue weighted by Crippen LogP contribution is 2.12. The molecule has 0 aliphatic carbocycles. The van der Waals surface area contributed by atoms with Crippen molar-refractivity contribution in [2.45, 2.75) is 19.1 Å². The molecule has 0 spiro atoms. The van der Waals surface area contributed by atoms with Crippen LogP contribution in [0.4, 0.5) is 0 Å². The Morgan fingerprint density at radius 1 is 1.50 bits per heavy atom. The number of nitrogens with two attached hydrogens (primary N) is 1. The lowest BCUT2D eigenvalue weighted by atomic mass is 10.4. The van der Waals surface area contributed by atoms with E-state index >= 15 is 0 Å². The highest BCUT2D eigenvalue weighted by molar-refractivity contribution is 7.98. The van der Waals surface area contributed by atoms with Crippen LogP contribution in [0.2, 0.25) is 0 Å². The summed E-state index contributed by atoms with van der Waals surface area (Å²) in [6, 6.07) is 0. The SMILES string of the molecule is Cc1nonc1CSCCCN. The normalized spacial score (nSPS) is 10.5. The van der Waals surface area contributed by atoms with E-state index < -0.39 is 0 Å². The third kappa shape index (κ3) is 2.83. The predicted molar refractivity (Wildman–Crippen MR) is 48.9 cm³/mol. The zero-order valence-corrected chi connectivity index (χ0v) is 7.93. The van der Waals surface area contributed by atoms with Crippen molar-refractivity contribution in [2.75, 3.05) is 12.3 Å². The number of aromatic nitrogens is 2. The molecular weight excluding hydrogens is 174 g/mol. The lowest BCUT2D eigenvalue weighted by Crippen LogP contribution is -1.99. The summed E-state index contributed by atoms with van der Waals surface area (Å²) in [5, 5.41) is 7.47. The van der Waals surface area contributed by atoms with Crippen LogP contribution in [0.25, 0.3) is 0 Å². The number of aryl methyl sites for hydroxylation is 1. The van der Waals surface area contributed by atoms with Crippen molar-refractivity contribution >= 4 is 11.8 Å². The minimum absolute atomic E-state index is 0.753. The van der Waals surface area contributed by atoms with Gasteiger partial charge < -0.3 is 5.73 Å². The van der Waals surface area contributed by atoms with Crippen LogP contribution in [-0.4, -0.2) is 22.6 Å². The summed E-state index contributed by atoms with van der Waals surface area (Å²) in [5.41, 5.74) is 7.18. The maximum Gasteiger partial charge on any atom is 0.117 e. The van der Waals surface area contributed by atoms with Gasteiger partial charge in [-0.2, -0.15) is 11.8 Å². The molecule has 0 fully saturated rings. The molecule has 0 aliphatic heterocycles. The Hall–Kier alpha value is -0.550. The van der Waals surface area contributed by atoms with E-state index in [1.54, 1.807) is 0 Å². The summed E-state index contributed by atoms with van der Waals surface area (Å²) >= 11 is 1.81. The second-order valence-corrected chi connectivity index (χ2v) is 3.60. The molecule has 0 amide bonds. The minimum Gasteiger partial charge on any atom is -0.330 e. The molecule has 0 aliphatic rings. The average Bonchev–Trinajstić information content (AvgIpc) is 2.46. The molecule has 0 radical (unpaired) electrons. The predicted octanol–water partition coefficient (Wildman–Crippen LogP) is 0.960. The van der Waals surface area contributed by atoms with Crippen molar-refractivity contribution in [3.05, 3.63) is 11.4 Å². The molecule has 4 nitrogen and oxygen atoms in total. The van der Waals surface area contributed by atoms with Gasteiger partial charge in [0.2, 0.25) is 0 Å². The van der Waals surface area contributed by atoms with Crippen molar-refractivity contribution in [3.8, 4) is 0 Å². The van der Waals surface area contributed by atoms with E-state index in [0.717, 1.165) is 35.9 Å². The van der Waals surface area contributed by atoms with Gasteiger partial charge in [0.1, 0.15) is 11.4 Å². The summed E-state index contributed by atoms with van der Waals surface area (Å²) < 4.78 is 4.56. The topological polar surface area (TPSA) is 64.9 Å². The van der Waals surface area contributed by atoms with Crippen LogP contribution in [0.1, 0.15) is 17.8 Å². The van der Waals surface area contributed by atoms with Crippen LogP contribution < -0.4 is 5.73 Å². The van der Waals surface area contributed by atoms with Gasteiger partial charge in [0.15, 0.2) is 0 Å². The summed E-state index contributed by atoms with van der Waals surface area (Å²) in [6.07, 6.45) is 1.05. The van der Waals surface area contributed by atoms with Crippen molar-refractivity contribution in [3.63, 3.8) is 0 Å². The highest BCUT2D eigenvalue weighted by atomic mass is 32.2. The molecule has 1 aromatic heterocycles. The molecule has 5 heteroatoms. The molecule has 12 heavy (non-hydrogen) atoms. The largest absolute Gasteiger partial charge is 0.330 e. The van der Waals surface area contributed by atoms with Crippen LogP contribution in [0.5, 0.6) is 0 Å². The van der Waals surface area contributed by atoms with E-state index in [0.29, 0.717) is 0 Å². The first-order valence-electron chi connectivity index (χ1n) is 3.90. The Morgan fingerprint density at radius 2 is 2.33 bits per heavy atom. The number of thioether (sulfide) groups is 1. The molecule has 0 atom stereocenters. The number of hydrogen-bond acceptors (Lipinski definition) is 5. The van der Waals surface area contributed by atoms with Gasteiger partial charge in [-0.15, -0.1) is 0 Å². The Labute approximate surface area is 75.9 Å². The third-order valence-electron chi connectivity index (χ3n) is 1.48. The molecule has 0 bridgehead atoms. The molecule has 68 valence electrons. The van der Waals surface area contributed by atoms with Crippen LogP contribution in [0, 0.1) is 6.92 Å². The average molecular weight is 187 g/mol. The smallest absolute Gasteiger partial charge is 0.117 e. The van der Waals surface area contributed by atoms with Gasteiger partial charge in [-0.3, -0.25) is 0 Å². The zero-order chi connectivity index (χ0) is 8.81. The van der Waals surface area contributed by atoms with Crippen molar-refractivity contribution < 1.29 is 4.63 Å². The summed E-state index contributed by atoms with van der Waals surface area (Å²) in [4.78, 5) is 0. The van der Waals surface area contributed by atoms with E-state index in [1.807, 2.05) is 18.7 Å². The molecule has 0 unspecified atom stereocenters. The summed E-state index contributed by atoms with van der Waals surface area (Å²) in [6.45, 7) is 2.65. The van der Waals surface area contributed by atoms with Crippen molar-refractivity contribution in [1.29, 1.82) is 0 Å².